The molecule has 9 heterocycles. The van der Waals surface area contributed by atoms with Crippen LogP contribution in [0.15, 0.2) is 381 Å². The van der Waals surface area contributed by atoms with Crippen molar-refractivity contribution in [3.05, 3.63) is 433 Å². The minimum atomic E-state index is -0.618. The highest BCUT2D eigenvalue weighted by Gasteiger charge is 2.55. The lowest BCUT2D eigenvalue weighted by molar-refractivity contribution is 0.00578. The maximum Gasteiger partial charge on any atom is 0.494 e. The van der Waals surface area contributed by atoms with Crippen molar-refractivity contribution in [2.45, 2.75) is 49.7 Å². The number of hydrogen-bond donors (Lipinski definition) is 0. The van der Waals surface area contributed by atoms with Crippen molar-refractivity contribution in [3.8, 4) is 90.8 Å². The Morgan fingerprint density at radius 1 is 0.281 bits per heavy atom. The van der Waals surface area contributed by atoms with Gasteiger partial charge in [0.1, 0.15) is 23.0 Å². The number of halogens is 1. The van der Waals surface area contributed by atoms with Crippen LogP contribution in [0.3, 0.4) is 0 Å². The van der Waals surface area contributed by atoms with Gasteiger partial charge in [-0.2, -0.15) is 0 Å². The summed E-state index contributed by atoms with van der Waals surface area (Å²) in [5.41, 5.74) is 25.9. The van der Waals surface area contributed by atoms with E-state index in [4.69, 9.17) is 38.7 Å². The van der Waals surface area contributed by atoms with E-state index in [0.717, 1.165) is 128 Å². The van der Waals surface area contributed by atoms with Crippen LogP contribution in [0.2, 0.25) is 0 Å². The first kappa shape index (κ1) is 73.3. The van der Waals surface area contributed by atoms with E-state index in [9.17, 15) is 0 Å². The van der Waals surface area contributed by atoms with Crippen molar-refractivity contribution in [2.24, 2.45) is 0 Å². The lowest BCUT2D eigenvalue weighted by Gasteiger charge is -2.45. The first-order valence-electron chi connectivity index (χ1n) is 40.9. The zero-order valence-electron chi connectivity index (χ0n) is 67.1. The normalized spacial score (nSPS) is 16.2. The quantitative estimate of drug-likeness (QED) is 0.120. The standard InChI is InChI=1S/C51H31N3O.C37H30BNO3.C20H13BrN2.CH3/c1-2-13-33(14-3-1)48-38-16-4-8-21-43(38)52-50(53-48)34-27-25-32(26-28-34)35-29-30-47-42(31-35)51(40-19-7-11-24-46(40)55-47)39-18-6-10-23-45(39)54-44-22-9-5-15-36(44)37-17-12-20-41(51)49(37)54;1-35(2)36(3,4)42-38(41-35)23-20-21-33-29(22-23)37(27-15-7-10-19-32(27)40-33)26-14-6-9-18-31(26)39-30-17-8-5-12-24(30)25-13-11-16-28(37)34(25)39;21-16-12-10-15(11-13-16)20-22-18-9-5-4-8-17(18)19(23-20)14-6-2-1-3-7-14;/h1-31H;5-22H,1-4H3;1-13H;1H3/q;;;-1. The van der Waals surface area contributed by atoms with E-state index in [0.29, 0.717) is 5.82 Å². The number of rotatable bonds is 6. The van der Waals surface area contributed by atoms with Gasteiger partial charge in [-0.1, -0.05) is 313 Å². The molecule has 1 fully saturated rings. The van der Waals surface area contributed by atoms with Crippen molar-refractivity contribution in [3.63, 3.8) is 0 Å². The van der Waals surface area contributed by atoms with Gasteiger partial charge in [-0.25, -0.2) is 19.9 Å². The second kappa shape index (κ2) is 28.3. The molecule has 4 aromatic heterocycles. The highest BCUT2D eigenvalue weighted by molar-refractivity contribution is 9.10. The third kappa shape index (κ3) is 11.2. The van der Waals surface area contributed by atoms with E-state index in [1.54, 1.807) is 0 Å². The van der Waals surface area contributed by atoms with Gasteiger partial charge in [0.05, 0.1) is 77.9 Å². The molecule has 12 heteroatoms. The minimum Gasteiger partial charge on any atom is -0.457 e. The topological polar surface area (TPSA) is 98.3 Å². The summed E-state index contributed by atoms with van der Waals surface area (Å²) in [6.07, 6.45) is 0. The van der Waals surface area contributed by atoms with Crippen LogP contribution in [0.5, 0.6) is 23.0 Å². The first-order valence-corrected chi connectivity index (χ1v) is 41.6. The van der Waals surface area contributed by atoms with Crippen LogP contribution in [0, 0.1) is 7.43 Å². The summed E-state index contributed by atoms with van der Waals surface area (Å²) in [5.74, 6) is 4.94. The van der Waals surface area contributed by atoms with E-state index in [1.807, 2.05) is 78.9 Å². The molecule has 20 aromatic rings. The van der Waals surface area contributed by atoms with Gasteiger partial charge < -0.3 is 35.3 Å². The predicted molar refractivity (Wildman–Crippen MR) is 495 cm³/mol. The van der Waals surface area contributed by atoms with E-state index >= 15 is 0 Å². The molecule has 2 spiro atoms. The Morgan fingerprint density at radius 2 is 0.645 bits per heavy atom. The molecule has 5 aliphatic heterocycles. The smallest absolute Gasteiger partial charge is 0.457 e. The number of aromatic nitrogens is 6. The fourth-order valence-electron chi connectivity index (χ4n) is 19.4. The molecule has 25 rings (SSSR count). The summed E-state index contributed by atoms with van der Waals surface area (Å²) < 4.78 is 32.5. The third-order valence-electron chi connectivity index (χ3n) is 25.5. The Kier molecular flexibility index (Phi) is 17.1. The monoisotopic (exact) mass is 1620 g/mol. The Bertz CT molecular complexity index is 7580. The average Bonchev–Trinajstić information content (AvgIpc) is 1.61. The molecule has 5 aliphatic rings. The molecule has 0 amide bonds. The molecule has 2 atom stereocenters. The van der Waals surface area contributed by atoms with E-state index < -0.39 is 29.2 Å². The van der Waals surface area contributed by atoms with Gasteiger partial charge in [-0.05, 0) is 145 Å². The molecule has 0 aliphatic carbocycles. The Morgan fingerprint density at radius 3 is 1.14 bits per heavy atom. The van der Waals surface area contributed by atoms with Crippen molar-refractivity contribution >= 4 is 93.9 Å². The van der Waals surface area contributed by atoms with Crippen molar-refractivity contribution in [2.75, 3.05) is 0 Å². The Hall–Kier alpha value is -14.1. The summed E-state index contributed by atoms with van der Waals surface area (Å²) in [7, 11) is -0.476. The average molecular weight is 1630 g/mol. The number of nitrogens with zero attached hydrogens (tertiary/aromatic N) is 6. The van der Waals surface area contributed by atoms with E-state index in [1.165, 1.54) is 77.2 Å². The molecule has 0 radical (unpaired) electrons. The Labute approximate surface area is 709 Å². The van der Waals surface area contributed by atoms with Gasteiger partial charge in [0.25, 0.3) is 0 Å². The second-order valence-corrected chi connectivity index (χ2v) is 33.5. The van der Waals surface area contributed by atoms with Crippen molar-refractivity contribution in [1.29, 1.82) is 0 Å². The summed E-state index contributed by atoms with van der Waals surface area (Å²) in [6.45, 7) is 8.40. The van der Waals surface area contributed by atoms with Gasteiger partial charge in [0.2, 0.25) is 0 Å². The third-order valence-corrected chi connectivity index (χ3v) is 26.0. The summed E-state index contributed by atoms with van der Waals surface area (Å²) >= 11 is 3.47. The number of ether oxygens (including phenoxy) is 2. The summed E-state index contributed by atoms with van der Waals surface area (Å²) in [5, 5.41) is 7.13. The van der Waals surface area contributed by atoms with Gasteiger partial charge in [-0.15, -0.1) is 0 Å². The predicted octanol–water partition coefficient (Wildman–Crippen LogP) is 26.6. The number of para-hydroxylation sites is 10. The van der Waals surface area contributed by atoms with Crippen LogP contribution in [0.25, 0.3) is 133 Å². The maximum absolute atomic E-state index is 6.79. The molecule has 0 saturated carbocycles. The van der Waals surface area contributed by atoms with Crippen LogP contribution in [0.1, 0.15) is 72.2 Å². The van der Waals surface area contributed by atoms with Crippen LogP contribution in [0.4, 0.5) is 0 Å². The molecule has 1 saturated heterocycles. The zero-order valence-corrected chi connectivity index (χ0v) is 68.7. The Balaban J connectivity index is 0.000000117. The van der Waals surface area contributed by atoms with Crippen molar-refractivity contribution in [1.82, 2.24) is 29.1 Å². The molecule has 121 heavy (non-hydrogen) atoms. The summed E-state index contributed by atoms with van der Waals surface area (Å²) in [4.78, 5) is 19.7. The first-order chi connectivity index (χ1) is 58.9. The molecule has 2 unspecified atom stereocenters. The second-order valence-electron chi connectivity index (χ2n) is 32.5. The number of benzene rings is 16. The fourth-order valence-corrected chi connectivity index (χ4v) is 19.7. The molecule has 16 aromatic carbocycles. The molecular formula is C109H77BBrN6O4-. The van der Waals surface area contributed by atoms with Crippen LogP contribution < -0.4 is 14.9 Å². The van der Waals surface area contributed by atoms with Crippen LogP contribution in [-0.2, 0) is 20.1 Å². The van der Waals surface area contributed by atoms with Gasteiger partial charge >= 0.3 is 7.12 Å². The van der Waals surface area contributed by atoms with Gasteiger partial charge in [-0.3, -0.25) is 0 Å². The minimum absolute atomic E-state index is 0. The summed E-state index contributed by atoms with van der Waals surface area (Å²) in [6, 6.07) is 133. The van der Waals surface area contributed by atoms with Crippen LogP contribution in [-0.4, -0.2) is 47.4 Å². The van der Waals surface area contributed by atoms with Gasteiger partial charge in [0, 0.05) is 81.3 Å². The van der Waals surface area contributed by atoms with Crippen LogP contribution >= 0.6 is 15.9 Å². The molecular weight excluding hydrogens is 1550 g/mol. The molecule has 0 bridgehead atoms. The fraction of sp³-hybridized carbons (Fsp3) is 0.0734. The highest BCUT2D eigenvalue weighted by atomic mass is 79.9. The molecule has 0 N–H and O–H groups in total. The zero-order chi connectivity index (χ0) is 80.2. The van der Waals surface area contributed by atoms with E-state index in [-0.39, 0.29) is 7.43 Å². The largest absolute Gasteiger partial charge is 0.494 e. The maximum atomic E-state index is 6.79. The number of hydrogen-bond acceptors (Lipinski definition) is 8. The van der Waals surface area contributed by atoms with E-state index in [2.05, 4.69) is 350 Å². The molecule has 578 valence electrons. The highest BCUT2D eigenvalue weighted by Crippen LogP contribution is 2.63. The lowest BCUT2D eigenvalue weighted by Crippen LogP contribution is -2.41. The molecule has 10 nitrogen and oxygen atoms in total. The number of fused-ring (bicyclic) bond motifs is 24. The van der Waals surface area contributed by atoms with Crippen molar-refractivity contribution < 1.29 is 18.8 Å². The SMILES string of the molecule is Brc1ccc(-c2nc(-c3ccccc3)c3ccccc3n2)cc1.CC1(C)OB(c2ccc3c(c2)C2(c4ccccc4O3)c3ccccc3-n3c4ccccc4c4cccc2c43)OC1(C)C.[CH3-].c1ccc(-c2nc(-c3ccc(-c4ccc5c(c4)C4(c6ccccc6O5)c5ccccc5-n5c6ccccc6c6cccc4c65)cc3)nc3ccccc23)cc1. The van der Waals surface area contributed by atoms with Gasteiger partial charge in [0.15, 0.2) is 11.6 Å². The lowest BCUT2D eigenvalue weighted by atomic mass is 9.60.